The number of nitrogens with one attached hydrogen (secondary N) is 2. The summed E-state index contributed by atoms with van der Waals surface area (Å²) in [7, 11) is 0. The van der Waals surface area contributed by atoms with Gasteiger partial charge in [-0.05, 0) is 37.6 Å². The minimum atomic E-state index is -1.42. The molecule has 0 spiro atoms. The number of nitrogens with zero attached hydrogens (tertiary/aromatic N) is 4. The molecule has 4 atom stereocenters. The zero-order chi connectivity index (χ0) is 28.2. The molecular formula is C24H21N6NaO8S. The molecule has 40 heavy (non-hydrogen) atoms. The largest absolute Gasteiger partial charge is 1.00 e. The van der Waals surface area contributed by atoms with Gasteiger partial charge in [0.1, 0.15) is 28.8 Å². The van der Waals surface area contributed by atoms with Crippen molar-refractivity contribution in [1.29, 1.82) is 0 Å². The number of carboxylic acids is 1. The number of β-lactam (4-membered cyclic amide) rings is 1. The molecule has 14 nitrogen and oxygen atoms in total. The number of hydrogen-bond donors (Lipinski definition) is 4. The van der Waals surface area contributed by atoms with Crippen molar-refractivity contribution in [2.75, 3.05) is 0 Å². The molecule has 0 radical (unpaired) electrons. The number of benzene rings is 1. The number of hydrogen-bond acceptors (Lipinski definition) is 11. The summed E-state index contributed by atoms with van der Waals surface area (Å²) in [4.78, 5) is 69.0. The van der Waals surface area contributed by atoms with E-state index in [9.17, 15) is 39.3 Å². The maximum Gasteiger partial charge on any atom is 1.00 e. The molecule has 3 aromatic rings. The predicted octanol–water partition coefficient (Wildman–Crippen LogP) is -4.73. The van der Waals surface area contributed by atoms with Gasteiger partial charge in [0, 0.05) is 17.0 Å². The molecule has 0 bridgehead atoms. The minimum absolute atomic E-state index is 0. The van der Waals surface area contributed by atoms with Gasteiger partial charge in [-0.3, -0.25) is 19.2 Å². The van der Waals surface area contributed by atoms with Gasteiger partial charge < -0.3 is 35.6 Å². The number of carbonyl (C=O) groups is 4. The number of thioether (sulfide) groups is 1. The Balaban J connectivity index is 0.00000370. The third kappa shape index (κ3) is 5.00. The molecular weight excluding hydrogens is 555 g/mol. The Bertz CT molecular complexity index is 1600. The summed E-state index contributed by atoms with van der Waals surface area (Å²) in [6.45, 7) is 3.32. The second-order valence-corrected chi connectivity index (χ2v) is 11.3. The average molecular weight is 577 g/mol. The summed E-state index contributed by atoms with van der Waals surface area (Å²) in [6.07, 6.45) is 1.00. The number of amides is 3. The van der Waals surface area contributed by atoms with Crippen LogP contribution in [-0.4, -0.2) is 75.6 Å². The molecule has 1 unspecified atom stereocenters. The summed E-state index contributed by atoms with van der Waals surface area (Å²) >= 11 is 1.20. The van der Waals surface area contributed by atoms with E-state index in [4.69, 9.17) is 0 Å². The Hall–Kier alpha value is -3.66. The fourth-order valence-electron chi connectivity index (χ4n) is 4.65. The van der Waals surface area contributed by atoms with Crippen LogP contribution in [0.1, 0.15) is 35.8 Å². The first-order chi connectivity index (χ1) is 18.4. The van der Waals surface area contributed by atoms with Crippen molar-refractivity contribution in [2.24, 2.45) is 0 Å². The van der Waals surface area contributed by atoms with Crippen LogP contribution in [0.2, 0.25) is 0 Å². The Morgan fingerprint density at radius 2 is 1.77 bits per heavy atom. The van der Waals surface area contributed by atoms with Gasteiger partial charge in [-0.25, -0.2) is 4.98 Å². The van der Waals surface area contributed by atoms with E-state index in [0.29, 0.717) is 0 Å². The fourth-order valence-corrected chi connectivity index (χ4v) is 6.27. The molecule has 4 N–H and O–H groups in total. The van der Waals surface area contributed by atoms with Crippen molar-refractivity contribution < 1.29 is 64.1 Å². The van der Waals surface area contributed by atoms with Gasteiger partial charge in [-0.15, -0.1) is 16.9 Å². The summed E-state index contributed by atoms with van der Waals surface area (Å²) in [5, 5.41) is 38.9. The first-order valence-electron chi connectivity index (χ1n) is 11.6. The maximum atomic E-state index is 13.4. The second kappa shape index (κ2) is 10.7. The normalized spacial score (nSPS) is 21.5. The number of aliphatic carboxylic acids is 1. The average Bonchev–Trinajstić information content (AvgIpc) is 3.14. The molecule has 2 aliphatic heterocycles. The third-order valence-corrected chi connectivity index (χ3v) is 8.09. The number of aromatic hydroxyl groups is 2. The van der Waals surface area contributed by atoms with Crippen molar-refractivity contribution in [3.8, 4) is 11.6 Å². The number of rotatable bonds is 6. The van der Waals surface area contributed by atoms with Crippen LogP contribution in [0.5, 0.6) is 11.6 Å². The van der Waals surface area contributed by atoms with E-state index in [2.05, 4.69) is 20.7 Å². The standard InChI is InChI=1S/C24H22N6O8S.Na/c1-24(2)17(23(37)38)29-21(36)16(22(29)39-24)27-19(34)15(10-3-5-11(31)6-4-10)26-18(33)12-9-25-13-7-8-14(32)28-30(13)20(12)35;/h3-9,15-17,22,31H,1-2H3,(H,26,33)(H,27,34)(H,28,32)(H,37,38);/q;+1/p-1/t15?,16-,17+,22-;/m1./s1. The van der Waals surface area contributed by atoms with E-state index in [1.54, 1.807) is 13.8 Å². The molecule has 0 aliphatic carbocycles. The minimum Gasteiger partial charge on any atom is -0.548 e. The molecule has 202 valence electrons. The van der Waals surface area contributed by atoms with Crippen molar-refractivity contribution in [3.63, 3.8) is 0 Å². The van der Waals surface area contributed by atoms with Gasteiger partial charge in [0.15, 0.2) is 5.65 Å². The van der Waals surface area contributed by atoms with Crippen LogP contribution in [-0.2, 0) is 14.4 Å². The molecule has 1 aromatic carbocycles. The van der Waals surface area contributed by atoms with E-state index in [1.807, 2.05) is 0 Å². The van der Waals surface area contributed by atoms with E-state index >= 15 is 0 Å². The van der Waals surface area contributed by atoms with Gasteiger partial charge in [-0.2, -0.15) is 4.52 Å². The Morgan fingerprint density at radius 3 is 2.42 bits per heavy atom. The summed E-state index contributed by atoms with van der Waals surface area (Å²) in [5.41, 5.74) is -1.08. The first-order valence-corrected chi connectivity index (χ1v) is 12.5. The van der Waals surface area contributed by atoms with Crippen LogP contribution in [0.25, 0.3) is 5.65 Å². The molecule has 3 amide bonds. The molecule has 5 rings (SSSR count). The van der Waals surface area contributed by atoms with Crippen LogP contribution in [0.15, 0.2) is 47.4 Å². The van der Waals surface area contributed by atoms with Gasteiger partial charge in [0.2, 0.25) is 17.7 Å². The van der Waals surface area contributed by atoms with E-state index in [-0.39, 0.29) is 46.5 Å². The molecule has 4 heterocycles. The van der Waals surface area contributed by atoms with Crippen molar-refractivity contribution >= 4 is 41.1 Å². The Morgan fingerprint density at radius 1 is 1.10 bits per heavy atom. The number of carboxylic acid groups (broad SMARTS) is 1. The quantitative estimate of drug-likeness (QED) is 0.162. The molecule has 2 fully saturated rings. The molecule has 0 saturated carbocycles. The molecule has 2 aliphatic rings. The molecule has 16 heteroatoms. The van der Waals surface area contributed by atoms with Gasteiger partial charge in [0.25, 0.3) is 11.5 Å². The van der Waals surface area contributed by atoms with E-state index in [1.165, 1.54) is 48.2 Å². The number of fused-ring (bicyclic) bond motifs is 2. The van der Waals surface area contributed by atoms with Crippen LogP contribution in [0.4, 0.5) is 0 Å². The monoisotopic (exact) mass is 576 g/mol. The zero-order valence-electron chi connectivity index (χ0n) is 21.4. The van der Waals surface area contributed by atoms with Crippen molar-refractivity contribution in [1.82, 2.24) is 30.1 Å². The Kier molecular flexibility index (Phi) is 7.86. The van der Waals surface area contributed by atoms with Crippen LogP contribution in [0.3, 0.4) is 0 Å². The van der Waals surface area contributed by atoms with E-state index < -0.39 is 68.9 Å². The molecule has 2 saturated heterocycles. The second-order valence-electron chi connectivity index (χ2n) is 9.50. The predicted molar refractivity (Wildman–Crippen MR) is 132 cm³/mol. The van der Waals surface area contributed by atoms with Crippen LogP contribution < -0.4 is 50.9 Å². The zero-order valence-corrected chi connectivity index (χ0v) is 24.2. The third-order valence-electron chi connectivity index (χ3n) is 6.52. The fraction of sp³-hybridized carbons (Fsp3) is 0.292. The summed E-state index contributed by atoms with van der Waals surface area (Å²) < 4.78 is -0.134. The van der Waals surface area contributed by atoms with Gasteiger partial charge in [0.05, 0.1) is 12.0 Å². The molecule has 2 aromatic heterocycles. The topological polar surface area (TPSA) is 206 Å². The first kappa shape index (κ1) is 29.3. The van der Waals surface area contributed by atoms with Crippen molar-refractivity contribution in [3.05, 3.63) is 64.1 Å². The number of aromatic nitrogens is 3. The van der Waals surface area contributed by atoms with Gasteiger partial charge in [-0.1, -0.05) is 12.1 Å². The number of carbonyl (C=O) groups excluding carboxylic acids is 4. The summed E-state index contributed by atoms with van der Waals surface area (Å²) in [6, 6.07) is 4.20. The smallest absolute Gasteiger partial charge is 0.548 e. The SMILES string of the molecule is CC1(C)S[C@@H]2[C@H](NC(=O)C(NC(=O)c3cnc4ccc(O)nn4c3=O)c3ccc(O)cc3)C(=O)N2[C@H]1C(=O)[O-].[Na+]. The number of phenolic OH excluding ortho intramolecular Hbond substituents is 1. The van der Waals surface area contributed by atoms with Crippen LogP contribution >= 0.6 is 11.8 Å². The van der Waals surface area contributed by atoms with Crippen molar-refractivity contribution in [2.45, 2.75) is 42.1 Å². The summed E-state index contributed by atoms with van der Waals surface area (Å²) in [5.74, 6) is -4.39. The van der Waals surface area contributed by atoms with E-state index in [0.717, 1.165) is 15.6 Å². The van der Waals surface area contributed by atoms with Crippen LogP contribution in [0, 0.1) is 0 Å². The van der Waals surface area contributed by atoms with Gasteiger partial charge >= 0.3 is 29.6 Å². The Labute approximate surface area is 252 Å². The number of phenols is 1. The maximum absolute atomic E-state index is 13.4.